The second-order valence-corrected chi connectivity index (χ2v) is 4.81. The highest BCUT2D eigenvalue weighted by molar-refractivity contribution is 5.20. The molecule has 0 saturated heterocycles. The van der Waals surface area contributed by atoms with Crippen molar-refractivity contribution in [2.75, 3.05) is 6.54 Å². The van der Waals surface area contributed by atoms with Gasteiger partial charge in [0.1, 0.15) is 0 Å². The Hall–Kier alpha value is -0.890. The van der Waals surface area contributed by atoms with Crippen molar-refractivity contribution in [2.24, 2.45) is 0 Å². The average molecular weight is 206 g/mol. The summed E-state index contributed by atoms with van der Waals surface area (Å²) < 4.78 is 0. The number of nitrogens with one attached hydrogen (secondary N) is 1. The van der Waals surface area contributed by atoms with E-state index < -0.39 is 0 Å². The summed E-state index contributed by atoms with van der Waals surface area (Å²) in [5, 5.41) is 3.55. The highest BCUT2D eigenvalue weighted by Gasteiger charge is 2.20. The van der Waals surface area contributed by atoms with Gasteiger partial charge in [-0.05, 0) is 31.0 Å². The Morgan fingerprint density at radius 2 is 1.93 bits per heavy atom. The van der Waals surface area contributed by atoms with Gasteiger partial charge < -0.3 is 5.32 Å². The van der Waals surface area contributed by atoms with Gasteiger partial charge in [0.15, 0.2) is 0 Å². The molecule has 2 nitrogen and oxygen atoms in total. The van der Waals surface area contributed by atoms with Crippen molar-refractivity contribution in [3.05, 3.63) is 30.1 Å². The van der Waals surface area contributed by atoms with Crippen molar-refractivity contribution in [2.45, 2.75) is 45.6 Å². The second-order valence-electron chi connectivity index (χ2n) is 4.81. The normalized spacial score (nSPS) is 13.9. The van der Waals surface area contributed by atoms with Crippen LogP contribution in [0.5, 0.6) is 0 Å². The lowest BCUT2D eigenvalue weighted by atomic mass is 9.85. The summed E-state index contributed by atoms with van der Waals surface area (Å²) in [7, 11) is 0. The van der Waals surface area contributed by atoms with Crippen molar-refractivity contribution >= 4 is 0 Å². The zero-order chi connectivity index (χ0) is 11.3. The SMILES string of the molecule is CCC(C)NCC(C)(C)c1ccncc1. The van der Waals surface area contributed by atoms with Gasteiger partial charge in [-0.3, -0.25) is 4.98 Å². The number of nitrogens with zero attached hydrogens (tertiary/aromatic N) is 1. The summed E-state index contributed by atoms with van der Waals surface area (Å²) >= 11 is 0. The fourth-order valence-electron chi connectivity index (χ4n) is 1.48. The summed E-state index contributed by atoms with van der Waals surface area (Å²) in [4.78, 5) is 4.05. The molecule has 1 heterocycles. The van der Waals surface area contributed by atoms with Gasteiger partial charge in [0.05, 0.1) is 0 Å². The van der Waals surface area contributed by atoms with E-state index in [4.69, 9.17) is 0 Å². The van der Waals surface area contributed by atoms with Crippen molar-refractivity contribution in [1.82, 2.24) is 10.3 Å². The number of rotatable bonds is 5. The zero-order valence-corrected chi connectivity index (χ0v) is 10.2. The molecule has 0 aliphatic rings. The molecule has 1 N–H and O–H groups in total. The fourth-order valence-corrected chi connectivity index (χ4v) is 1.48. The molecule has 1 aromatic rings. The Balaban J connectivity index is 2.59. The molecule has 1 rings (SSSR count). The molecule has 15 heavy (non-hydrogen) atoms. The smallest absolute Gasteiger partial charge is 0.0270 e. The van der Waals surface area contributed by atoms with Gasteiger partial charge >= 0.3 is 0 Å². The third-order valence-corrected chi connectivity index (χ3v) is 2.97. The third kappa shape index (κ3) is 3.63. The topological polar surface area (TPSA) is 24.9 Å². The van der Waals surface area contributed by atoms with Crippen LogP contribution in [-0.4, -0.2) is 17.6 Å². The van der Waals surface area contributed by atoms with Gasteiger partial charge in [0.2, 0.25) is 0 Å². The number of hydrogen-bond donors (Lipinski definition) is 1. The average Bonchev–Trinajstić information content (AvgIpc) is 2.27. The van der Waals surface area contributed by atoms with E-state index in [1.54, 1.807) is 0 Å². The maximum absolute atomic E-state index is 4.05. The molecule has 1 atom stereocenters. The monoisotopic (exact) mass is 206 g/mol. The highest BCUT2D eigenvalue weighted by atomic mass is 14.9. The Bertz CT molecular complexity index is 280. The van der Waals surface area contributed by atoms with Crippen LogP contribution >= 0.6 is 0 Å². The molecular formula is C13H22N2. The maximum atomic E-state index is 4.05. The molecule has 84 valence electrons. The van der Waals surface area contributed by atoms with Gasteiger partial charge in [-0.15, -0.1) is 0 Å². The van der Waals surface area contributed by atoms with E-state index in [-0.39, 0.29) is 5.41 Å². The minimum absolute atomic E-state index is 0.173. The summed E-state index contributed by atoms with van der Waals surface area (Å²) in [5.41, 5.74) is 1.51. The van der Waals surface area contributed by atoms with Crippen molar-refractivity contribution in [3.8, 4) is 0 Å². The predicted molar refractivity (Wildman–Crippen MR) is 65.0 cm³/mol. The van der Waals surface area contributed by atoms with Crippen LogP contribution in [0.15, 0.2) is 24.5 Å². The first-order valence-corrected chi connectivity index (χ1v) is 5.70. The minimum atomic E-state index is 0.173. The van der Waals surface area contributed by atoms with Gasteiger partial charge in [-0.25, -0.2) is 0 Å². The van der Waals surface area contributed by atoms with Gasteiger partial charge in [-0.1, -0.05) is 20.8 Å². The van der Waals surface area contributed by atoms with Crippen LogP contribution in [0, 0.1) is 0 Å². The van der Waals surface area contributed by atoms with Crippen molar-refractivity contribution < 1.29 is 0 Å². The minimum Gasteiger partial charge on any atom is -0.313 e. The number of hydrogen-bond acceptors (Lipinski definition) is 2. The summed E-state index contributed by atoms with van der Waals surface area (Å²) in [5.74, 6) is 0. The van der Waals surface area contributed by atoms with Crippen LogP contribution in [0.3, 0.4) is 0 Å². The first-order valence-electron chi connectivity index (χ1n) is 5.70. The maximum Gasteiger partial charge on any atom is 0.0270 e. The van der Waals surface area contributed by atoms with E-state index in [0.29, 0.717) is 6.04 Å². The van der Waals surface area contributed by atoms with Gasteiger partial charge in [0, 0.05) is 30.4 Å². The van der Waals surface area contributed by atoms with E-state index >= 15 is 0 Å². The van der Waals surface area contributed by atoms with Crippen LogP contribution in [0.1, 0.15) is 39.7 Å². The fraction of sp³-hybridized carbons (Fsp3) is 0.615. The van der Waals surface area contributed by atoms with E-state index in [2.05, 4.69) is 50.1 Å². The van der Waals surface area contributed by atoms with Crippen LogP contribution in [-0.2, 0) is 5.41 Å². The third-order valence-electron chi connectivity index (χ3n) is 2.97. The zero-order valence-electron chi connectivity index (χ0n) is 10.2. The molecule has 0 amide bonds. The Morgan fingerprint density at radius 3 is 2.47 bits per heavy atom. The quantitative estimate of drug-likeness (QED) is 0.801. The van der Waals surface area contributed by atoms with E-state index in [1.165, 1.54) is 12.0 Å². The van der Waals surface area contributed by atoms with Gasteiger partial charge in [-0.2, -0.15) is 0 Å². The molecule has 0 aliphatic heterocycles. The lowest BCUT2D eigenvalue weighted by Crippen LogP contribution is -2.37. The number of aromatic nitrogens is 1. The van der Waals surface area contributed by atoms with Crippen LogP contribution < -0.4 is 5.32 Å². The van der Waals surface area contributed by atoms with Crippen molar-refractivity contribution in [3.63, 3.8) is 0 Å². The Morgan fingerprint density at radius 1 is 1.33 bits per heavy atom. The van der Waals surface area contributed by atoms with E-state index in [1.807, 2.05) is 12.4 Å². The lowest BCUT2D eigenvalue weighted by Gasteiger charge is -2.27. The molecule has 0 bridgehead atoms. The highest BCUT2D eigenvalue weighted by Crippen LogP contribution is 2.21. The number of pyridine rings is 1. The Kier molecular flexibility index (Phi) is 4.28. The predicted octanol–water partition coefficient (Wildman–Crippen LogP) is 2.75. The molecular weight excluding hydrogens is 184 g/mol. The van der Waals surface area contributed by atoms with Crippen LogP contribution in [0.25, 0.3) is 0 Å². The second kappa shape index (κ2) is 5.26. The first-order chi connectivity index (χ1) is 7.06. The summed E-state index contributed by atoms with van der Waals surface area (Å²) in [6.45, 7) is 9.96. The molecule has 0 aromatic carbocycles. The molecule has 0 saturated carbocycles. The standard InChI is InChI=1S/C13H22N2/c1-5-11(2)15-10-13(3,4)12-6-8-14-9-7-12/h6-9,11,15H,5,10H2,1-4H3. The molecule has 0 radical (unpaired) electrons. The van der Waals surface area contributed by atoms with E-state index in [9.17, 15) is 0 Å². The van der Waals surface area contributed by atoms with Crippen LogP contribution in [0.2, 0.25) is 0 Å². The summed E-state index contributed by atoms with van der Waals surface area (Å²) in [6, 6.07) is 4.78. The largest absolute Gasteiger partial charge is 0.313 e. The molecule has 0 spiro atoms. The lowest BCUT2D eigenvalue weighted by molar-refractivity contribution is 0.424. The molecule has 2 heteroatoms. The van der Waals surface area contributed by atoms with Crippen molar-refractivity contribution in [1.29, 1.82) is 0 Å². The Labute approximate surface area is 93.1 Å². The molecule has 0 fully saturated rings. The molecule has 1 unspecified atom stereocenters. The molecule has 0 aliphatic carbocycles. The summed E-state index contributed by atoms with van der Waals surface area (Å²) in [6.07, 6.45) is 4.90. The first kappa shape index (κ1) is 12.2. The van der Waals surface area contributed by atoms with E-state index in [0.717, 1.165) is 6.54 Å². The van der Waals surface area contributed by atoms with Gasteiger partial charge in [0.25, 0.3) is 0 Å². The molecule has 1 aromatic heterocycles. The van der Waals surface area contributed by atoms with Crippen LogP contribution in [0.4, 0.5) is 0 Å².